The van der Waals surface area contributed by atoms with Crippen LogP contribution in [0.25, 0.3) is 0 Å². The van der Waals surface area contributed by atoms with E-state index >= 15 is 0 Å². The minimum atomic E-state index is -3.56. The van der Waals surface area contributed by atoms with Crippen LogP contribution in [0.1, 0.15) is 28.4 Å². The number of rotatable bonds is 7. The van der Waals surface area contributed by atoms with Crippen LogP contribution in [-0.4, -0.2) is 32.1 Å². The van der Waals surface area contributed by atoms with Crippen LogP contribution in [-0.2, 0) is 26.0 Å². The Hall–Kier alpha value is -3.89. The minimum absolute atomic E-state index is 0.109. The predicted octanol–water partition coefficient (Wildman–Crippen LogP) is 3.37. The van der Waals surface area contributed by atoms with Gasteiger partial charge in [0.1, 0.15) is 18.4 Å². The van der Waals surface area contributed by atoms with Crippen LogP contribution < -0.4 is 5.32 Å². The van der Waals surface area contributed by atoms with Gasteiger partial charge in [0.05, 0.1) is 10.5 Å². The number of amides is 1. The van der Waals surface area contributed by atoms with E-state index in [-0.39, 0.29) is 22.8 Å². The van der Waals surface area contributed by atoms with Crippen LogP contribution >= 0.6 is 0 Å². The first kappa shape index (κ1) is 23.8. The fourth-order valence-electron chi connectivity index (χ4n) is 2.91. The molecule has 0 aliphatic carbocycles. The van der Waals surface area contributed by atoms with E-state index in [9.17, 15) is 18.0 Å². The standard InChI is InChI=1S/C26H23NO5S/c1-20(26(29)32-19-21-11-4-2-5-12-21)27-25(28)24-17-9-8-13-22(24)14-10-18-33(30,31)23-15-6-3-7-16-23/h2-9,11-13,15-17,20H,18-19H2,1H3,(H,27,28)/t20-/m0/s1. The number of ether oxygens (including phenoxy) is 1. The third kappa shape index (κ3) is 6.79. The zero-order valence-corrected chi connectivity index (χ0v) is 18.8. The van der Waals surface area contributed by atoms with Crippen molar-refractivity contribution in [1.29, 1.82) is 0 Å². The molecule has 0 aliphatic heterocycles. The molecular weight excluding hydrogens is 438 g/mol. The normalized spacial score (nSPS) is 11.5. The number of benzene rings is 3. The van der Waals surface area contributed by atoms with E-state index in [1.807, 2.05) is 30.3 Å². The van der Waals surface area contributed by atoms with Crippen LogP contribution in [0.5, 0.6) is 0 Å². The van der Waals surface area contributed by atoms with Crippen molar-refractivity contribution >= 4 is 21.7 Å². The summed E-state index contributed by atoms with van der Waals surface area (Å²) in [7, 11) is -3.56. The quantitative estimate of drug-likeness (QED) is 0.430. The highest BCUT2D eigenvalue weighted by Gasteiger charge is 2.19. The first-order valence-corrected chi connectivity index (χ1v) is 11.9. The highest BCUT2D eigenvalue weighted by Crippen LogP contribution is 2.11. The molecule has 7 heteroatoms. The number of sulfone groups is 1. The lowest BCUT2D eigenvalue weighted by molar-refractivity contribution is -0.146. The van der Waals surface area contributed by atoms with Gasteiger partial charge < -0.3 is 10.1 Å². The maximum atomic E-state index is 12.7. The zero-order chi connectivity index (χ0) is 23.7. The summed E-state index contributed by atoms with van der Waals surface area (Å²) in [6.07, 6.45) is 0. The van der Waals surface area contributed by atoms with Crippen molar-refractivity contribution in [1.82, 2.24) is 5.32 Å². The molecule has 3 aromatic rings. The lowest BCUT2D eigenvalue weighted by Crippen LogP contribution is -2.39. The second-order valence-electron chi connectivity index (χ2n) is 7.21. The van der Waals surface area contributed by atoms with Gasteiger partial charge in [-0.3, -0.25) is 4.79 Å². The summed E-state index contributed by atoms with van der Waals surface area (Å²) >= 11 is 0. The van der Waals surface area contributed by atoms with E-state index in [4.69, 9.17) is 4.74 Å². The average molecular weight is 462 g/mol. The maximum Gasteiger partial charge on any atom is 0.328 e. The summed E-state index contributed by atoms with van der Waals surface area (Å²) < 4.78 is 30.0. The Kier molecular flexibility index (Phi) is 8.01. The lowest BCUT2D eigenvalue weighted by Gasteiger charge is -2.14. The molecule has 168 valence electrons. The second-order valence-corrected chi connectivity index (χ2v) is 9.20. The van der Waals surface area contributed by atoms with Crippen LogP contribution in [0.3, 0.4) is 0 Å². The highest BCUT2D eigenvalue weighted by molar-refractivity contribution is 7.91. The van der Waals surface area contributed by atoms with E-state index in [1.165, 1.54) is 19.1 Å². The summed E-state index contributed by atoms with van der Waals surface area (Å²) in [5.41, 5.74) is 1.45. The van der Waals surface area contributed by atoms with Crippen LogP contribution in [0.2, 0.25) is 0 Å². The number of nitrogens with one attached hydrogen (secondary N) is 1. The van der Waals surface area contributed by atoms with E-state index in [1.54, 1.807) is 42.5 Å². The van der Waals surface area contributed by atoms with Crippen molar-refractivity contribution in [2.45, 2.75) is 24.5 Å². The fraction of sp³-hybridized carbons (Fsp3) is 0.154. The Morgan fingerprint density at radius 3 is 2.21 bits per heavy atom. The van der Waals surface area contributed by atoms with Gasteiger partial charge in [0.2, 0.25) is 0 Å². The smallest absolute Gasteiger partial charge is 0.328 e. The van der Waals surface area contributed by atoms with Crippen molar-refractivity contribution in [3.63, 3.8) is 0 Å². The molecule has 3 aromatic carbocycles. The molecule has 3 rings (SSSR count). The van der Waals surface area contributed by atoms with Gasteiger partial charge in [-0.15, -0.1) is 0 Å². The highest BCUT2D eigenvalue weighted by atomic mass is 32.2. The molecule has 0 radical (unpaired) electrons. The van der Waals surface area contributed by atoms with Gasteiger partial charge in [0, 0.05) is 5.56 Å². The largest absolute Gasteiger partial charge is 0.459 e. The molecule has 0 spiro atoms. The molecule has 0 saturated carbocycles. The van der Waals surface area contributed by atoms with Gasteiger partial charge in [0.15, 0.2) is 9.84 Å². The lowest BCUT2D eigenvalue weighted by atomic mass is 10.1. The summed E-state index contributed by atoms with van der Waals surface area (Å²) in [4.78, 5) is 25.2. The summed E-state index contributed by atoms with van der Waals surface area (Å²) in [6.45, 7) is 1.64. The summed E-state index contributed by atoms with van der Waals surface area (Å²) in [5, 5.41) is 2.61. The molecular formula is C26H23NO5S. The number of carbonyl (C=O) groups excluding carboxylic acids is 2. The first-order chi connectivity index (χ1) is 15.9. The van der Waals surface area contributed by atoms with Gasteiger partial charge in [0.25, 0.3) is 5.91 Å². The molecule has 0 aliphatic rings. The SMILES string of the molecule is C[C@H](NC(=O)c1ccccc1C#CCS(=O)(=O)c1ccccc1)C(=O)OCc1ccccc1. The van der Waals surface area contributed by atoms with Crippen molar-refractivity contribution in [2.24, 2.45) is 0 Å². The predicted molar refractivity (Wildman–Crippen MR) is 125 cm³/mol. The second kappa shape index (κ2) is 11.1. The number of esters is 1. The monoisotopic (exact) mass is 461 g/mol. The molecule has 1 N–H and O–H groups in total. The molecule has 0 aromatic heterocycles. The Morgan fingerprint density at radius 2 is 1.52 bits per heavy atom. The minimum Gasteiger partial charge on any atom is -0.459 e. The van der Waals surface area contributed by atoms with Crippen molar-refractivity contribution in [3.05, 3.63) is 102 Å². The van der Waals surface area contributed by atoms with Crippen molar-refractivity contribution < 1.29 is 22.7 Å². The molecule has 0 heterocycles. The Bertz CT molecular complexity index is 1280. The molecule has 1 amide bonds. The van der Waals surface area contributed by atoms with E-state index < -0.39 is 27.8 Å². The first-order valence-electron chi connectivity index (χ1n) is 10.2. The Balaban J connectivity index is 1.64. The van der Waals surface area contributed by atoms with Crippen LogP contribution in [0.15, 0.2) is 89.8 Å². The Labute approximate surface area is 193 Å². The van der Waals surface area contributed by atoms with Crippen LogP contribution in [0.4, 0.5) is 0 Å². The molecule has 0 fully saturated rings. The van der Waals surface area contributed by atoms with Gasteiger partial charge in [-0.25, -0.2) is 13.2 Å². The van der Waals surface area contributed by atoms with E-state index in [0.717, 1.165) is 5.56 Å². The Morgan fingerprint density at radius 1 is 0.909 bits per heavy atom. The molecule has 0 saturated heterocycles. The summed E-state index contributed by atoms with van der Waals surface area (Å²) in [6, 6.07) is 22.9. The van der Waals surface area contributed by atoms with E-state index in [2.05, 4.69) is 17.2 Å². The van der Waals surface area contributed by atoms with E-state index in [0.29, 0.717) is 5.56 Å². The van der Waals surface area contributed by atoms with Gasteiger partial charge >= 0.3 is 5.97 Å². The van der Waals surface area contributed by atoms with Gasteiger partial charge in [-0.05, 0) is 36.8 Å². The topological polar surface area (TPSA) is 89.5 Å². The third-order valence-corrected chi connectivity index (χ3v) is 6.20. The van der Waals surface area contributed by atoms with Gasteiger partial charge in [-0.2, -0.15) is 0 Å². The van der Waals surface area contributed by atoms with Crippen molar-refractivity contribution in [2.75, 3.05) is 5.75 Å². The van der Waals surface area contributed by atoms with Crippen molar-refractivity contribution in [3.8, 4) is 11.8 Å². The zero-order valence-electron chi connectivity index (χ0n) is 18.0. The molecule has 0 unspecified atom stereocenters. The maximum absolute atomic E-state index is 12.7. The molecule has 1 atom stereocenters. The third-order valence-electron chi connectivity index (χ3n) is 4.68. The molecule has 0 bridgehead atoms. The van der Waals surface area contributed by atoms with Crippen LogP contribution in [0, 0.1) is 11.8 Å². The number of carbonyl (C=O) groups is 2. The molecule has 33 heavy (non-hydrogen) atoms. The fourth-order valence-corrected chi connectivity index (χ4v) is 3.92. The van der Waals surface area contributed by atoms with Gasteiger partial charge in [-0.1, -0.05) is 72.5 Å². The number of hydrogen-bond donors (Lipinski definition) is 1. The average Bonchev–Trinajstić information content (AvgIpc) is 2.84. The molecule has 6 nitrogen and oxygen atoms in total. The summed E-state index contributed by atoms with van der Waals surface area (Å²) in [5.74, 6) is 3.95. The number of hydrogen-bond acceptors (Lipinski definition) is 5.